The number of aromatic nitrogens is 5. The minimum Gasteiger partial charge on any atom is -0.353 e. The van der Waals surface area contributed by atoms with Crippen LogP contribution in [0.4, 0.5) is 0 Å². The minimum absolute atomic E-state index is 0.331. The van der Waals surface area contributed by atoms with Crippen molar-refractivity contribution in [3.05, 3.63) is 47.0 Å². The van der Waals surface area contributed by atoms with E-state index in [-0.39, 0.29) is 0 Å². The van der Waals surface area contributed by atoms with Crippen LogP contribution in [-0.4, -0.2) is 49.1 Å². The number of hydrogen-bond acceptors (Lipinski definition) is 5. The van der Waals surface area contributed by atoms with Gasteiger partial charge < -0.3 is 9.88 Å². The number of pyridine rings is 2. The van der Waals surface area contributed by atoms with E-state index in [1.165, 1.54) is 16.8 Å². The van der Waals surface area contributed by atoms with E-state index in [9.17, 15) is 0 Å². The van der Waals surface area contributed by atoms with Gasteiger partial charge in [0.05, 0.1) is 22.8 Å². The minimum atomic E-state index is 0.331. The molecule has 0 atom stereocenters. The summed E-state index contributed by atoms with van der Waals surface area (Å²) >= 11 is 0. The summed E-state index contributed by atoms with van der Waals surface area (Å²) in [5.74, 6) is 0.825. The number of nitriles is 1. The number of nitrogens with one attached hydrogen (secondary N) is 1. The van der Waals surface area contributed by atoms with Gasteiger partial charge in [-0.25, -0.2) is 9.50 Å². The first-order valence-electron chi connectivity index (χ1n) is 12.8. The third-order valence-corrected chi connectivity index (χ3v) is 7.99. The highest BCUT2D eigenvalue weighted by molar-refractivity contribution is 5.89. The van der Waals surface area contributed by atoms with E-state index in [0.29, 0.717) is 24.3 Å². The van der Waals surface area contributed by atoms with Crippen molar-refractivity contribution in [2.75, 3.05) is 13.6 Å². The lowest BCUT2D eigenvalue weighted by Gasteiger charge is -2.34. The first-order valence-corrected chi connectivity index (χ1v) is 12.8. The van der Waals surface area contributed by atoms with Crippen molar-refractivity contribution >= 4 is 16.7 Å². The summed E-state index contributed by atoms with van der Waals surface area (Å²) < 4.78 is 1.87. The summed E-state index contributed by atoms with van der Waals surface area (Å²) in [4.78, 5) is 15.8. The Labute approximate surface area is 207 Å². The molecule has 5 rings (SSSR count). The van der Waals surface area contributed by atoms with Crippen LogP contribution in [0, 0.1) is 25.2 Å². The Bertz CT molecular complexity index is 1400. The van der Waals surface area contributed by atoms with E-state index in [2.05, 4.69) is 79.1 Å². The smallest absolute Gasteiger partial charge is 0.158 e. The van der Waals surface area contributed by atoms with Crippen LogP contribution in [0.1, 0.15) is 80.2 Å². The highest BCUT2D eigenvalue weighted by atomic mass is 15.3. The molecule has 4 heterocycles. The van der Waals surface area contributed by atoms with Crippen molar-refractivity contribution in [3.63, 3.8) is 0 Å². The maximum atomic E-state index is 8.90. The van der Waals surface area contributed by atoms with Crippen LogP contribution in [0.25, 0.3) is 27.9 Å². The number of nitrogens with zero attached hydrogens (tertiary/aromatic N) is 6. The molecule has 4 aromatic rings. The quantitative estimate of drug-likeness (QED) is 0.381. The summed E-state index contributed by atoms with van der Waals surface area (Å²) in [6, 6.07) is 7.28. The number of aromatic amines is 1. The number of aryl methyl sites for hydroxylation is 1. The summed E-state index contributed by atoms with van der Waals surface area (Å²) in [6.07, 6.45) is 8.93. The van der Waals surface area contributed by atoms with Gasteiger partial charge in [0.2, 0.25) is 0 Å². The van der Waals surface area contributed by atoms with Gasteiger partial charge in [0.25, 0.3) is 0 Å². The molecule has 0 saturated heterocycles. The van der Waals surface area contributed by atoms with Crippen LogP contribution in [0.2, 0.25) is 0 Å². The van der Waals surface area contributed by atoms with Crippen molar-refractivity contribution in [3.8, 4) is 17.3 Å². The van der Waals surface area contributed by atoms with E-state index in [0.717, 1.165) is 65.7 Å². The van der Waals surface area contributed by atoms with Gasteiger partial charge in [0, 0.05) is 47.9 Å². The molecule has 4 aromatic heterocycles. The van der Waals surface area contributed by atoms with Gasteiger partial charge in [-0.05, 0) is 75.8 Å². The predicted octanol–water partition coefficient (Wildman–Crippen LogP) is 5.88. The van der Waals surface area contributed by atoms with E-state index in [1.807, 2.05) is 4.52 Å². The molecule has 0 bridgehead atoms. The Hall–Kier alpha value is -3.24. The van der Waals surface area contributed by atoms with Crippen molar-refractivity contribution in [1.82, 2.24) is 29.5 Å². The number of hydrogen-bond donors (Lipinski definition) is 1. The van der Waals surface area contributed by atoms with E-state index in [1.54, 1.807) is 6.33 Å². The maximum Gasteiger partial charge on any atom is 0.158 e. The molecular weight excluding hydrogens is 434 g/mol. The Balaban J connectivity index is 1.49. The Kier molecular flexibility index (Phi) is 6.33. The lowest BCUT2D eigenvalue weighted by Crippen LogP contribution is -2.35. The highest BCUT2D eigenvalue weighted by Crippen LogP contribution is 2.39. The van der Waals surface area contributed by atoms with Crippen LogP contribution in [0.3, 0.4) is 0 Å². The van der Waals surface area contributed by atoms with Crippen molar-refractivity contribution in [2.24, 2.45) is 0 Å². The molecule has 1 aliphatic carbocycles. The Morgan fingerprint density at radius 1 is 1.17 bits per heavy atom. The highest BCUT2D eigenvalue weighted by Gasteiger charge is 2.27. The van der Waals surface area contributed by atoms with Gasteiger partial charge in [-0.2, -0.15) is 10.4 Å². The summed E-state index contributed by atoms with van der Waals surface area (Å²) in [5.41, 5.74) is 10.2. The molecule has 1 saturated carbocycles. The van der Waals surface area contributed by atoms with Gasteiger partial charge in [0.15, 0.2) is 5.65 Å². The van der Waals surface area contributed by atoms with Crippen molar-refractivity contribution < 1.29 is 0 Å². The molecule has 0 unspecified atom stereocenters. The fourth-order valence-electron chi connectivity index (χ4n) is 5.78. The topological polar surface area (TPSA) is 85.9 Å². The predicted molar refractivity (Wildman–Crippen MR) is 139 cm³/mol. The van der Waals surface area contributed by atoms with Crippen LogP contribution in [0.5, 0.6) is 0 Å². The molecule has 0 radical (unpaired) electrons. The average molecular weight is 470 g/mol. The largest absolute Gasteiger partial charge is 0.353 e. The molecule has 1 fully saturated rings. The molecule has 35 heavy (non-hydrogen) atoms. The number of fused-ring (bicyclic) bond motifs is 2. The summed E-state index contributed by atoms with van der Waals surface area (Å²) in [5, 5.41) is 13.3. The van der Waals surface area contributed by atoms with E-state index < -0.39 is 0 Å². The third kappa shape index (κ3) is 4.21. The molecule has 0 spiro atoms. The molecule has 1 N–H and O–H groups in total. The number of rotatable bonds is 6. The Morgan fingerprint density at radius 2 is 1.94 bits per heavy atom. The standard InChI is InChI=1S/C28H35N7/c1-17(2)25-26(22-15-35-28(30-16-31-35)19(4)18(22)3)33-24-12-11-23(32-27(24)25)20-7-9-21(10-8-20)34(5)14-6-13-29/h11-12,15-17,20-21,33H,6-10,14H2,1-5H3. The summed E-state index contributed by atoms with van der Waals surface area (Å²) in [7, 11) is 2.16. The molecule has 7 heteroatoms. The zero-order chi connectivity index (χ0) is 24.7. The monoisotopic (exact) mass is 469 g/mol. The van der Waals surface area contributed by atoms with Gasteiger partial charge in [-0.1, -0.05) is 13.8 Å². The lowest BCUT2D eigenvalue weighted by molar-refractivity contribution is 0.185. The van der Waals surface area contributed by atoms with Crippen molar-refractivity contribution in [2.45, 2.75) is 77.7 Å². The SMILES string of the molecule is Cc1c(-c2[nH]c3ccc(C4CCC(N(C)CCC#N)CC4)nc3c2C(C)C)cn2ncnc2c1C. The molecule has 0 amide bonds. The first kappa shape index (κ1) is 23.5. The molecule has 0 aromatic carbocycles. The van der Waals surface area contributed by atoms with Crippen LogP contribution in [0.15, 0.2) is 24.7 Å². The van der Waals surface area contributed by atoms with Crippen LogP contribution in [-0.2, 0) is 0 Å². The zero-order valence-electron chi connectivity index (χ0n) is 21.5. The third-order valence-electron chi connectivity index (χ3n) is 7.99. The van der Waals surface area contributed by atoms with E-state index in [4.69, 9.17) is 10.2 Å². The second-order valence-corrected chi connectivity index (χ2v) is 10.4. The molecule has 1 aliphatic rings. The van der Waals surface area contributed by atoms with Gasteiger partial charge in [-0.3, -0.25) is 4.98 Å². The van der Waals surface area contributed by atoms with Gasteiger partial charge >= 0.3 is 0 Å². The maximum absolute atomic E-state index is 8.90. The average Bonchev–Trinajstić information content (AvgIpc) is 3.49. The molecular formula is C28H35N7. The van der Waals surface area contributed by atoms with Crippen LogP contribution >= 0.6 is 0 Å². The Morgan fingerprint density at radius 3 is 2.66 bits per heavy atom. The summed E-state index contributed by atoms with van der Waals surface area (Å²) in [6.45, 7) is 9.64. The molecule has 0 aliphatic heterocycles. The number of H-pyrrole nitrogens is 1. The molecule has 7 nitrogen and oxygen atoms in total. The van der Waals surface area contributed by atoms with Crippen LogP contribution < -0.4 is 0 Å². The zero-order valence-corrected chi connectivity index (χ0v) is 21.5. The normalized spacial score (nSPS) is 18.7. The van der Waals surface area contributed by atoms with E-state index >= 15 is 0 Å². The second kappa shape index (κ2) is 9.43. The fraction of sp³-hybridized carbons (Fsp3) is 0.500. The molecule has 182 valence electrons. The van der Waals surface area contributed by atoms with Gasteiger partial charge in [0.1, 0.15) is 6.33 Å². The fourth-order valence-corrected chi connectivity index (χ4v) is 5.78. The first-order chi connectivity index (χ1) is 16.9. The second-order valence-electron chi connectivity index (χ2n) is 10.4. The van der Waals surface area contributed by atoms with Crippen molar-refractivity contribution in [1.29, 1.82) is 5.26 Å². The van der Waals surface area contributed by atoms with Gasteiger partial charge in [-0.15, -0.1) is 0 Å². The lowest BCUT2D eigenvalue weighted by atomic mass is 9.83.